The first-order valence-electron chi connectivity index (χ1n) is 9.92. The van der Waals surface area contributed by atoms with E-state index in [9.17, 15) is 9.59 Å². The Balaban J connectivity index is 3.35. The predicted octanol–water partition coefficient (Wildman–Crippen LogP) is 4.71. The Bertz CT molecular complexity index is 635. The van der Waals surface area contributed by atoms with Gasteiger partial charge in [0.05, 0.1) is 13.2 Å². The first kappa shape index (κ1) is 25.3. The van der Waals surface area contributed by atoms with Gasteiger partial charge in [-0.3, -0.25) is 9.59 Å². The maximum Gasteiger partial charge on any atom is 0.324 e. The molecule has 0 N–H and O–H groups in total. The average molecular weight is 471 g/mol. The number of halogens is 1. The summed E-state index contributed by atoms with van der Waals surface area (Å²) in [6.07, 6.45) is 1.18. The van der Waals surface area contributed by atoms with Crippen LogP contribution in [0, 0.1) is 5.41 Å². The molecule has 0 aliphatic rings. The van der Waals surface area contributed by atoms with E-state index in [2.05, 4.69) is 15.9 Å². The quantitative estimate of drug-likeness (QED) is 0.236. The molecule has 6 nitrogen and oxygen atoms in total. The second-order valence-corrected chi connectivity index (χ2v) is 7.26. The maximum absolute atomic E-state index is 13.0. The van der Waals surface area contributed by atoms with Crippen molar-refractivity contribution in [3.05, 3.63) is 40.4 Å². The highest BCUT2D eigenvalue weighted by Gasteiger charge is 2.51. The third-order valence-corrected chi connectivity index (χ3v) is 4.66. The van der Waals surface area contributed by atoms with Crippen LogP contribution in [0.15, 0.2) is 34.8 Å². The standard InChI is InChI=1S/C22H31BrO6/c1-5-26-19(27-6-2)16-22(20(24)28-7-3,21(25)29-8-4)15-18(23)14-17-12-10-9-11-13-17/h9-14,19H,5-8,15-16H2,1-4H3/b18-14-. The van der Waals surface area contributed by atoms with E-state index in [1.54, 1.807) is 13.8 Å². The van der Waals surface area contributed by atoms with Gasteiger partial charge in [0.25, 0.3) is 0 Å². The van der Waals surface area contributed by atoms with Crippen molar-refractivity contribution in [2.24, 2.45) is 5.41 Å². The van der Waals surface area contributed by atoms with Gasteiger partial charge in [0, 0.05) is 26.1 Å². The van der Waals surface area contributed by atoms with E-state index in [0.717, 1.165) is 5.56 Å². The fourth-order valence-electron chi connectivity index (χ4n) is 2.90. The normalized spacial score (nSPS) is 12.1. The van der Waals surface area contributed by atoms with Gasteiger partial charge in [0.1, 0.15) is 0 Å². The second kappa shape index (κ2) is 13.5. The molecule has 0 fully saturated rings. The minimum atomic E-state index is -1.59. The lowest BCUT2D eigenvalue weighted by Crippen LogP contribution is -2.45. The van der Waals surface area contributed by atoms with Crippen molar-refractivity contribution < 1.29 is 28.5 Å². The van der Waals surface area contributed by atoms with Crippen LogP contribution >= 0.6 is 15.9 Å². The molecular formula is C22H31BrO6. The van der Waals surface area contributed by atoms with Gasteiger partial charge >= 0.3 is 11.9 Å². The Morgan fingerprint density at radius 2 is 1.45 bits per heavy atom. The number of allylic oxidation sites excluding steroid dienone is 1. The molecule has 0 aliphatic heterocycles. The largest absolute Gasteiger partial charge is 0.465 e. The summed E-state index contributed by atoms with van der Waals surface area (Å²) < 4.78 is 22.5. The van der Waals surface area contributed by atoms with Gasteiger partial charge in [0.15, 0.2) is 11.7 Å². The summed E-state index contributed by atoms with van der Waals surface area (Å²) >= 11 is 3.52. The van der Waals surface area contributed by atoms with Gasteiger partial charge in [-0.15, -0.1) is 0 Å². The van der Waals surface area contributed by atoms with E-state index < -0.39 is 23.6 Å². The zero-order valence-corrected chi connectivity index (χ0v) is 19.2. The Hall–Kier alpha value is -1.70. The van der Waals surface area contributed by atoms with E-state index in [1.807, 2.05) is 50.3 Å². The lowest BCUT2D eigenvalue weighted by atomic mass is 9.80. The van der Waals surface area contributed by atoms with Gasteiger partial charge < -0.3 is 18.9 Å². The molecule has 0 atom stereocenters. The molecule has 0 heterocycles. The van der Waals surface area contributed by atoms with E-state index in [1.165, 1.54) is 0 Å². The summed E-state index contributed by atoms with van der Waals surface area (Å²) in [6, 6.07) is 9.61. The fraction of sp³-hybridized carbons (Fsp3) is 0.545. The molecule has 0 saturated heterocycles. The Kier molecular flexibility index (Phi) is 11.8. The molecule has 0 saturated carbocycles. The van der Waals surface area contributed by atoms with Crippen LogP contribution in [0.5, 0.6) is 0 Å². The first-order chi connectivity index (χ1) is 13.9. The highest BCUT2D eigenvalue weighted by molar-refractivity contribution is 9.11. The van der Waals surface area contributed by atoms with Crippen LogP contribution in [0.25, 0.3) is 6.08 Å². The van der Waals surface area contributed by atoms with E-state index in [0.29, 0.717) is 17.7 Å². The molecule has 0 amide bonds. The Labute approximate surface area is 181 Å². The summed E-state index contributed by atoms with van der Waals surface area (Å²) in [6.45, 7) is 8.11. The van der Waals surface area contributed by atoms with Gasteiger partial charge in [-0.2, -0.15) is 0 Å². The minimum absolute atomic E-state index is 0.00984. The van der Waals surface area contributed by atoms with Crippen LogP contribution in [-0.4, -0.2) is 44.7 Å². The van der Waals surface area contributed by atoms with Crippen molar-refractivity contribution in [1.82, 2.24) is 0 Å². The number of benzene rings is 1. The van der Waals surface area contributed by atoms with Crippen LogP contribution in [-0.2, 0) is 28.5 Å². The molecule has 1 rings (SSSR count). The molecule has 0 radical (unpaired) electrons. The lowest BCUT2D eigenvalue weighted by molar-refractivity contribution is -0.190. The minimum Gasteiger partial charge on any atom is -0.465 e. The number of hydrogen-bond acceptors (Lipinski definition) is 6. The number of rotatable bonds is 13. The van der Waals surface area contributed by atoms with Crippen molar-refractivity contribution in [1.29, 1.82) is 0 Å². The number of esters is 2. The average Bonchev–Trinajstić information content (AvgIpc) is 2.68. The fourth-order valence-corrected chi connectivity index (χ4v) is 3.64. The molecule has 162 valence electrons. The summed E-state index contributed by atoms with van der Waals surface area (Å²) in [5, 5.41) is 0. The Morgan fingerprint density at radius 1 is 0.931 bits per heavy atom. The van der Waals surface area contributed by atoms with Crippen LogP contribution in [0.3, 0.4) is 0 Å². The van der Waals surface area contributed by atoms with Crippen molar-refractivity contribution >= 4 is 33.9 Å². The SMILES string of the molecule is CCOC(=O)C(C/C(Br)=C/c1ccccc1)(CC(OCC)OCC)C(=O)OCC. The number of ether oxygens (including phenoxy) is 4. The Morgan fingerprint density at radius 3 is 1.90 bits per heavy atom. The summed E-state index contributed by atoms with van der Waals surface area (Å²) in [5.74, 6) is -1.30. The van der Waals surface area contributed by atoms with Crippen LogP contribution in [0.2, 0.25) is 0 Å². The maximum atomic E-state index is 13.0. The summed E-state index contributed by atoms with van der Waals surface area (Å²) in [5.41, 5.74) is -0.655. The summed E-state index contributed by atoms with van der Waals surface area (Å²) in [7, 11) is 0. The third-order valence-electron chi connectivity index (χ3n) is 4.15. The molecular weight excluding hydrogens is 440 g/mol. The topological polar surface area (TPSA) is 71.1 Å². The van der Waals surface area contributed by atoms with Crippen molar-refractivity contribution in [3.8, 4) is 0 Å². The van der Waals surface area contributed by atoms with Gasteiger partial charge in [-0.1, -0.05) is 46.3 Å². The van der Waals surface area contributed by atoms with Crippen molar-refractivity contribution in [2.45, 2.75) is 46.8 Å². The summed E-state index contributed by atoms with van der Waals surface area (Å²) in [4.78, 5) is 26.1. The monoisotopic (exact) mass is 470 g/mol. The van der Waals surface area contributed by atoms with Gasteiger partial charge in [-0.05, 0) is 43.8 Å². The van der Waals surface area contributed by atoms with Crippen LogP contribution < -0.4 is 0 Å². The zero-order valence-electron chi connectivity index (χ0n) is 17.6. The number of hydrogen-bond donors (Lipinski definition) is 0. The van der Waals surface area contributed by atoms with E-state index >= 15 is 0 Å². The molecule has 0 bridgehead atoms. The molecule has 0 aliphatic carbocycles. The van der Waals surface area contributed by atoms with Crippen LogP contribution in [0.1, 0.15) is 46.1 Å². The zero-order chi connectivity index (χ0) is 21.7. The highest BCUT2D eigenvalue weighted by Crippen LogP contribution is 2.38. The molecule has 29 heavy (non-hydrogen) atoms. The molecule has 0 unspecified atom stereocenters. The van der Waals surface area contributed by atoms with E-state index in [4.69, 9.17) is 18.9 Å². The predicted molar refractivity (Wildman–Crippen MR) is 115 cm³/mol. The van der Waals surface area contributed by atoms with Gasteiger partial charge in [0.2, 0.25) is 0 Å². The first-order valence-corrected chi connectivity index (χ1v) is 10.7. The third kappa shape index (κ3) is 7.91. The molecule has 1 aromatic carbocycles. The van der Waals surface area contributed by atoms with E-state index in [-0.39, 0.29) is 26.1 Å². The van der Waals surface area contributed by atoms with Gasteiger partial charge in [-0.25, -0.2) is 0 Å². The lowest BCUT2D eigenvalue weighted by Gasteiger charge is -2.32. The smallest absolute Gasteiger partial charge is 0.324 e. The number of carbonyl (C=O) groups is 2. The molecule has 7 heteroatoms. The molecule has 0 aromatic heterocycles. The van der Waals surface area contributed by atoms with Crippen molar-refractivity contribution in [2.75, 3.05) is 26.4 Å². The van der Waals surface area contributed by atoms with Crippen LogP contribution in [0.4, 0.5) is 0 Å². The number of carbonyl (C=O) groups excluding carboxylic acids is 2. The molecule has 1 aromatic rings. The second-order valence-electron chi connectivity index (χ2n) is 6.25. The van der Waals surface area contributed by atoms with Crippen molar-refractivity contribution in [3.63, 3.8) is 0 Å². The molecule has 0 spiro atoms. The highest BCUT2D eigenvalue weighted by atomic mass is 79.9.